The highest BCUT2D eigenvalue weighted by Crippen LogP contribution is 2.18. The molecule has 88 valence electrons. The van der Waals surface area contributed by atoms with Crippen LogP contribution in [0.25, 0.3) is 0 Å². The van der Waals surface area contributed by atoms with E-state index in [1.807, 2.05) is 0 Å². The van der Waals surface area contributed by atoms with Crippen LogP contribution < -0.4 is 10.1 Å². The van der Waals surface area contributed by atoms with Gasteiger partial charge in [0.1, 0.15) is 6.33 Å². The van der Waals surface area contributed by atoms with Crippen molar-refractivity contribution < 1.29 is 13.9 Å². The summed E-state index contributed by atoms with van der Waals surface area (Å²) in [5, 5.41) is 8.52. The average Bonchev–Trinajstić information content (AvgIpc) is 2.82. The third-order valence-electron chi connectivity index (χ3n) is 2.06. The van der Waals surface area contributed by atoms with Crippen LogP contribution in [0.3, 0.4) is 0 Å². The van der Waals surface area contributed by atoms with Crippen LogP contribution in [0.1, 0.15) is 10.4 Å². The van der Waals surface area contributed by atoms with Crippen LogP contribution in [0, 0.1) is 5.82 Å². The Morgan fingerprint density at radius 3 is 3.00 bits per heavy atom. The maximum Gasteiger partial charge on any atom is 0.258 e. The lowest BCUT2D eigenvalue weighted by Gasteiger charge is -2.05. The van der Waals surface area contributed by atoms with Crippen LogP contribution >= 0.6 is 0 Å². The molecule has 0 atom stereocenters. The maximum absolute atomic E-state index is 13.1. The summed E-state index contributed by atoms with van der Waals surface area (Å²) in [6.07, 6.45) is 1.26. The number of H-pyrrole nitrogens is 1. The van der Waals surface area contributed by atoms with Crippen LogP contribution in [0.2, 0.25) is 0 Å². The van der Waals surface area contributed by atoms with Crippen molar-refractivity contribution in [3.05, 3.63) is 35.9 Å². The first-order valence-electron chi connectivity index (χ1n) is 4.71. The van der Waals surface area contributed by atoms with Crippen molar-refractivity contribution in [2.75, 3.05) is 12.4 Å². The molecule has 0 fully saturated rings. The predicted octanol–water partition coefficient (Wildman–Crippen LogP) is 1.20. The van der Waals surface area contributed by atoms with Crippen molar-refractivity contribution in [3.63, 3.8) is 0 Å². The molecule has 7 heteroatoms. The Kier molecular flexibility index (Phi) is 2.99. The van der Waals surface area contributed by atoms with E-state index >= 15 is 0 Å². The van der Waals surface area contributed by atoms with E-state index in [0.717, 1.165) is 6.07 Å². The largest absolute Gasteiger partial charge is 0.494 e. The van der Waals surface area contributed by atoms with E-state index < -0.39 is 11.7 Å². The molecule has 6 nitrogen and oxygen atoms in total. The first-order valence-corrected chi connectivity index (χ1v) is 4.71. The molecule has 0 spiro atoms. The van der Waals surface area contributed by atoms with E-state index in [-0.39, 0.29) is 17.3 Å². The second-order valence-electron chi connectivity index (χ2n) is 3.14. The Bertz CT molecular complexity index is 527. The number of rotatable bonds is 3. The van der Waals surface area contributed by atoms with Gasteiger partial charge < -0.3 is 4.74 Å². The number of methoxy groups -OCH3 is 1. The maximum atomic E-state index is 13.1. The fourth-order valence-corrected chi connectivity index (χ4v) is 1.25. The zero-order valence-electron chi connectivity index (χ0n) is 8.90. The average molecular weight is 236 g/mol. The van der Waals surface area contributed by atoms with E-state index in [2.05, 4.69) is 20.5 Å². The molecule has 0 aliphatic heterocycles. The Balaban J connectivity index is 2.19. The fourth-order valence-electron chi connectivity index (χ4n) is 1.25. The number of anilines is 1. The third-order valence-corrected chi connectivity index (χ3v) is 2.06. The highest BCUT2D eigenvalue weighted by atomic mass is 19.1. The number of nitrogens with zero attached hydrogens (tertiary/aromatic N) is 2. The van der Waals surface area contributed by atoms with Gasteiger partial charge in [0.15, 0.2) is 11.6 Å². The molecular weight excluding hydrogens is 227 g/mol. The Morgan fingerprint density at radius 1 is 1.53 bits per heavy atom. The van der Waals surface area contributed by atoms with Crippen LogP contribution in [-0.4, -0.2) is 28.2 Å². The standard InChI is InChI=1S/C10H9FN4O2/c1-17-8-4-6(2-3-7(8)11)9(16)14-10-12-5-13-15-10/h2-5H,1H3,(H2,12,13,14,15,16). The zero-order valence-corrected chi connectivity index (χ0v) is 8.90. The van der Waals surface area contributed by atoms with Gasteiger partial charge in [0.05, 0.1) is 7.11 Å². The minimum absolute atomic E-state index is 0.00946. The fraction of sp³-hybridized carbons (Fsp3) is 0.100. The molecule has 1 aromatic carbocycles. The molecule has 2 aromatic rings. The van der Waals surface area contributed by atoms with Gasteiger partial charge in [-0.1, -0.05) is 0 Å². The zero-order chi connectivity index (χ0) is 12.3. The summed E-state index contributed by atoms with van der Waals surface area (Å²) >= 11 is 0. The Labute approximate surface area is 95.8 Å². The number of carbonyl (C=O) groups is 1. The molecule has 17 heavy (non-hydrogen) atoms. The number of carbonyl (C=O) groups excluding carboxylic acids is 1. The van der Waals surface area contributed by atoms with Gasteiger partial charge in [0.2, 0.25) is 5.95 Å². The molecule has 2 N–H and O–H groups in total. The Hall–Kier alpha value is -2.44. The lowest BCUT2D eigenvalue weighted by Crippen LogP contribution is -2.13. The number of amides is 1. The molecule has 0 unspecified atom stereocenters. The van der Waals surface area contributed by atoms with Crippen LogP contribution in [0.5, 0.6) is 5.75 Å². The van der Waals surface area contributed by atoms with Gasteiger partial charge in [-0.15, -0.1) is 0 Å². The molecule has 0 aliphatic carbocycles. The highest BCUT2D eigenvalue weighted by molar-refractivity contribution is 6.03. The minimum Gasteiger partial charge on any atom is -0.494 e. The number of hydrogen-bond acceptors (Lipinski definition) is 4. The van der Waals surface area contributed by atoms with Gasteiger partial charge in [0.25, 0.3) is 5.91 Å². The van der Waals surface area contributed by atoms with E-state index in [9.17, 15) is 9.18 Å². The number of aromatic amines is 1. The van der Waals surface area contributed by atoms with E-state index in [0.29, 0.717) is 0 Å². The molecule has 0 radical (unpaired) electrons. The van der Waals surface area contributed by atoms with Crippen molar-refractivity contribution in [2.24, 2.45) is 0 Å². The van der Waals surface area contributed by atoms with Gasteiger partial charge in [-0.05, 0) is 18.2 Å². The summed E-state index contributed by atoms with van der Waals surface area (Å²) in [6.45, 7) is 0. The predicted molar refractivity (Wildman–Crippen MR) is 57.3 cm³/mol. The van der Waals surface area contributed by atoms with Gasteiger partial charge in [0, 0.05) is 5.56 Å². The highest BCUT2D eigenvalue weighted by Gasteiger charge is 2.11. The SMILES string of the molecule is COc1cc(C(=O)Nc2ncn[nH]2)ccc1F. The molecule has 0 bridgehead atoms. The number of benzene rings is 1. The van der Waals surface area contributed by atoms with E-state index in [4.69, 9.17) is 4.74 Å². The second kappa shape index (κ2) is 4.60. The summed E-state index contributed by atoms with van der Waals surface area (Å²) in [5.74, 6) is -0.725. The number of halogens is 1. The van der Waals surface area contributed by atoms with Crippen molar-refractivity contribution in [2.45, 2.75) is 0 Å². The lowest BCUT2D eigenvalue weighted by atomic mass is 10.2. The molecule has 0 saturated heterocycles. The summed E-state index contributed by atoms with van der Waals surface area (Å²) < 4.78 is 17.9. The molecule has 1 heterocycles. The molecule has 1 amide bonds. The van der Waals surface area contributed by atoms with Gasteiger partial charge in [-0.3, -0.25) is 10.1 Å². The van der Waals surface area contributed by atoms with Crippen molar-refractivity contribution >= 4 is 11.9 Å². The number of aromatic nitrogens is 3. The number of ether oxygens (including phenoxy) is 1. The molecule has 2 rings (SSSR count). The number of nitrogens with one attached hydrogen (secondary N) is 2. The van der Waals surface area contributed by atoms with E-state index in [1.54, 1.807) is 0 Å². The van der Waals surface area contributed by atoms with Crippen molar-refractivity contribution in [3.8, 4) is 5.75 Å². The van der Waals surface area contributed by atoms with Crippen LogP contribution in [0.15, 0.2) is 24.5 Å². The quantitative estimate of drug-likeness (QED) is 0.839. The number of hydrogen-bond donors (Lipinski definition) is 2. The van der Waals surface area contributed by atoms with Crippen LogP contribution in [0.4, 0.5) is 10.3 Å². The van der Waals surface area contributed by atoms with Gasteiger partial charge in [-0.2, -0.15) is 10.1 Å². The first-order chi connectivity index (χ1) is 8.20. The van der Waals surface area contributed by atoms with Gasteiger partial charge >= 0.3 is 0 Å². The molecule has 1 aromatic heterocycles. The smallest absolute Gasteiger partial charge is 0.258 e. The monoisotopic (exact) mass is 236 g/mol. The molecular formula is C10H9FN4O2. The third kappa shape index (κ3) is 2.39. The summed E-state index contributed by atoms with van der Waals surface area (Å²) in [4.78, 5) is 15.5. The van der Waals surface area contributed by atoms with Crippen LogP contribution in [-0.2, 0) is 0 Å². The van der Waals surface area contributed by atoms with Crippen molar-refractivity contribution in [1.29, 1.82) is 0 Å². The second-order valence-corrected chi connectivity index (χ2v) is 3.14. The first kappa shape index (κ1) is 11.1. The summed E-state index contributed by atoms with van der Waals surface area (Å²) in [7, 11) is 1.33. The topological polar surface area (TPSA) is 79.9 Å². The molecule has 0 aliphatic rings. The lowest BCUT2D eigenvalue weighted by molar-refractivity contribution is 0.102. The van der Waals surface area contributed by atoms with Crippen molar-refractivity contribution in [1.82, 2.24) is 15.2 Å². The minimum atomic E-state index is -0.524. The van der Waals surface area contributed by atoms with E-state index in [1.165, 1.54) is 25.6 Å². The molecule has 0 saturated carbocycles. The summed E-state index contributed by atoms with van der Waals surface area (Å²) in [6, 6.07) is 3.82. The summed E-state index contributed by atoms with van der Waals surface area (Å²) in [5.41, 5.74) is 0.264. The Morgan fingerprint density at radius 2 is 2.35 bits per heavy atom. The normalized spacial score (nSPS) is 10.0. The van der Waals surface area contributed by atoms with Gasteiger partial charge in [-0.25, -0.2) is 9.49 Å².